The van der Waals surface area contributed by atoms with Crippen LogP contribution in [0.4, 0.5) is 0 Å². The smallest absolute Gasteiger partial charge is 0.0932 e. The van der Waals surface area contributed by atoms with E-state index in [0.717, 1.165) is 19.6 Å². The van der Waals surface area contributed by atoms with Crippen LogP contribution in [-0.4, -0.2) is 60.7 Å². The zero-order valence-corrected chi connectivity index (χ0v) is 8.15. The highest BCUT2D eigenvalue weighted by atomic mass is 16.5. The van der Waals surface area contributed by atoms with Crippen LogP contribution in [0, 0.1) is 5.92 Å². The lowest BCUT2D eigenvalue weighted by Gasteiger charge is -2.33. The van der Waals surface area contributed by atoms with Crippen molar-refractivity contribution >= 4 is 0 Å². The normalized spacial score (nSPS) is 27.5. The van der Waals surface area contributed by atoms with Gasteiger partial charge in [0.05, 0.1) is 19.3 Å². The standard InChI is InChI=1S/C9H19NO3/c1-8(6-11)4-10-2-3-13-9(5-10)7-12/h8-9,11-12H,2-7H2,1H3. The molecule has 4 heteroatoms. The van der Waals surface area contributed by atoms with Gasteiger partial charge in [0.25, 0.3) is 0 Å². The summed E-state index contributed by atoms with van der Waals surface area (Å²) in [5, 5.41) is 17.8. The molecule has 1 saturated heterocycles. The maximum absolute atomic E-state index is 8.90. The Kier molecular flexibility index (Phi) is 4.66. The van der Waals surface area contributed by atoms with Crippen LogP contribution in [0.3, 0.4) is 0 Å². The van der Waals surface area contributed by atoms with Crippen molar-refractivity contribution in [2.75, 3.05) is 39.5 Å². The summed E-state index contributed by atoms with van der Waals surface area (Å²) >= 11 is 0. The molecule has 1 aliphatic rings. The summed E-state index contributed by atoms with van der Waals surface area (Å²) in [4.78, 5) is 2.23. The number of aliphatic hydroxyl groups excluding tert-OH is 2. The van der Waals surface area contributed by atoms with E-state index >= 15 is 0 Å². The maximum atomic E-state index is 8.90. The predicted octanol–water partition coefficient (Wildman–Crippen LogP) is -0.692. The molecule has 0 aromatic carbocycles. The summed E-state index contributed by atoms with van der Waals surface area (Å²) in [6.07, 6.45) is -0.0420. The van der Waals surface area contributed by atoms with Gasteiger partial charge in [-0.2, -0.15) is 0 Å². The Morgan fingerprint density at radius 2 is 2.31 bits per heavy atom. The van der Waals surface area contributed by atoms with Gasteiger partial charge in [-0.3, -0.25) is 4.90 Å². The molecule has 1 rings (SSSR count). The third-order valence-electron chi connectivity index (χ3n) is 2.31. The van der Waals surface area contributed by atoms with Crippen molar-refractivity contribution in [1.29, 1.82) is 0 Å². The SMILES string of the molecule is CC(CO)CN1CCOC(CO)C1. The van der Waals surface area contributed by atoms with Crippen LogP contribution in [0.25, 0.3) is 0 Å². The van der Waals surface area contributed by atoms with Crippen molar-refractivity contribution in [3.63, 3.8) is 0 Å². The molecule has 1 fully saturated rings. The number of morpholine rings is 1. The van der Waals surface area contributed by atoms with E-state index < -0.39 is 0 Å². The fraction of sp³-hybridized carbons (Fsp3) is 1.00. The summed E-state index contributed by atoms with van der Waals surface area (Å²) in [5.41, 5.74) is 0. The molecule has 2 unspecified atom stereocenters. The molecule has 0 aromatic heterocycles. The van der Waals surface area contributed by atoms with Crippen molar-refractivity contribution in [2.24, 2.45) is 5.92 Å². The van der Waals surface area contributed by atoms with Gasteiger partial charge in [0, 0.05) is 26.2 Å². The molecule has 1 heterocycles. The second kappa shape index (κ2) is 5.54. The van der Waals surface area contributed by atoms with E-state index in [2.05, 4.69) is 4.90 Å². The lowest BCUT2D eigenvalue weighted by atomic mass is 10.1. The Morgan fingerprint density at radius 1 is 1.54 bits per heavy atom. The summed E-state index contributed by atoms with van der Waals surface area (Å²) in [6.45, 7) is 5.58. The van der Waals surface area contributed by atoms with Crippen molar-refractivity contribution in [3.05, 3.63) is 0 Å². The number of rotatable bonds is 4. The zero-order chi connectivity index (χ0) is 9.68. The monoisotopic (exact) mass is 189 g/mol. The van der Waals surface area contributed by atoms with Gasteiger partial charge in [0.1, 0.15) is 0 Å². The predicted molar refractivity (Wildman–Crippen MR) is 49.5 cm³/mol. The fourth-order valence-corrected chi connectivity index (χ4v) is 1.56. The molecule has 78 valence electrons. The van der Waals surface area contributed by atoms with Crippen LogP contribution in [0.5, 0.6) is 0 Å². The topological polar surface area (TPSA) is 52.9 Å². The maximum Gasteiger partial charge on any atom is 0.0932 e. The third kappa shape index (κ3) is 3.60. The first-order valence-electron chi connectivity index (χ1n) is 4.82. The number of hydrogen-bond acceptors (Lipinski definition) is 4. The Bertz CT molecular complexity index is 141. The van der Waals surface area contributed by atoms with E-state index in [1.165, 1.54) is 0 Å². The number of aliphatic hydroxyl groups is 2. The second-order valence-electron chi connectivity index (χ2n) is 3.72. The van der Waals surface area contributed by atoms with Gasteiger partial charge in [0.15, 0.2) is 0 Å². The van der Waals surface area contributed by atoms with Gasteiger partial charge in [-0.05, 0) is 5.92 Å². The highest BCUT2D eigenvalue weighted by Crippen LogP contribution is 2.07. The van der Waals surface area contributed by atoms with E-state index in [9.17, 15) is 0 Å². The molecular weight excluding hydrogens is 170 g/mol. The highest BCUT2D eigenvalue weighted by molar-refractivity contribution is 4.72. The number of ether oxygens (including phenoxy) is 1. The van der Waals surface area contributed by atoms with Crippen molar-refractivity contribution < 1.29 is 14.9 Å². The minimum Gasteiger partial charge on any atom is -0.396 e. The molecule has 0 saturated carbocycles. The minimum atomic E-state index is -0.0420. The van der Waals surface area contributed by atoms with Gasteiger partial charge in [-0.15, -0.1) is 0 Å². The third-order valence-corrected chi connectivity index (χ3v) is 2.31. The molecule has 2 N–H and O–H groups in total. The van der Waals surface area contributed by atoms with E-state index in [0.29, 0.717) is 12.5 Å². The van der Waals surface area contributed by atoms with E-state index in [-0.39, 0.29) is 19.3 Å². The minimum absolute atomic E-state index is 0.0420. The lowest BCUT2D eigenvalue weighted by Crippen LogP contribution is -2.45. The van der Waals surface area contributed by atoms with Gasteiger partial charge in [-0.1, -0.05) is 6.92 Å². The van der Waals surface area contributed by atoms with Crippen LogP contribution in [-0.2, 0) is 4.74 Å². The molecule has 0 radical (unpaired) electrons. The average Bonchev–Trinajstić information content (AvgIpc) is 2.18. The van der Waals surface area contributed by atoms with Gasteiger partial charge in [-0.25, -0.2) is 0 Å². The van der Waals surface area contributed by atoms with Gasteiger partial charge < -0.3 is 14.9 Å². The van der Waals surface area contributed by atoms with E-state index in [1.54, 1.807) is 0 Å². The quantitative estimate of drug-likeness (QED) is 0.614. The van der Waals surface area contributed by atoms with Gasteiger partial charge in [0.2, 0.25) is 0 Å². The fourth-order valence-electron chi connectivity index (χ4n) is 1.56. The van der Waals surface area contributed by atoms with E-state index in [4.69, 9.17) is 14.9 Å². The van der Waals surface area contributed by atoms with Crippen LogP contribution in [0.2, 0.25) is 0 Å². The summed E-state index contributed by atoms with van der Waals surface area (Å²) in [6, 6.07) is 0. The molecule has 2 atom stereocenters. The molecule has 13 heavy (non-hydrogen) atoms. The molecule has 1 aliphatic heterocycles. The summed E-state index contributed by atoms with van der Waals surface area (Å²) < 4.78 is 5.32. The summed E-state index contributed by atoms with van der Waals surface area (Å²) in [5.74, 6) is 0.303. The van der Waals surface area contributed by atoms with Crippen molar-refractivity contribution in [2.45, 2.75) is 13.0 Å². The largest absolute Gasteiger partial charge is 0.396 e. The molecule has 0 aromatic rings. The summed E-state index contributed by atoms with van der Waals surface area (Å²) in [7, 11) is 0. The molecule has 0 bridgehead atoms. The van der Waals surface area contributed by atoms with Gasteiger partial charge >= 0.3 is 0 Å². The zero-order valence-electron chi connectivity index (χ0n) is 8.15. The van der Waals surface area contributed by atoms with Crippen LogP contribution in [0.15, 0.2) is 0 Å². The first-order chi connectivity index (χ1) is 6.26. The van der Waals surface area contributed by atoms with Crippen molar-refractivity contribution in [1.82, 2.24) is 4.90 Å². The Morgan fingerprint density at radius 3 is 2.92 bits per heavy atom. The lowest BCUT2D eigenvalue weighted by molar-refractivity contribution is -0.0570. The molecule has 4 nitrogen and oxygen atoms in total. The second-order valence-corrected chi connectivity index (χ2v) is 3.72. The van der Waals surface area contributed by atoms with Crippen LogP contribution >= 0.6 is 0 Å². The Hall–Kier alpha value is -0.160. The number of hydrogen-bond donors (Lipinski definition) is 2. The molecule has 0 aliphatic carbocycles. The molecule has 0 spiro atoms. The van der Waals surface area contributed by atoms with Crippen molar-refractivity contribution in [3.8, 4) is 0 Å². The highest BCUT2D eigenvalue weighted by Gasteiger charge is 2.20. The average molecular weight is 189 g/mol. The first kappa shape index (κ1) is 10.9. The van der Waals surface area contributed by atoms with E-state index in [1.807, 2.05) is 6.92 Å². The van der Waals surface area contributed by atoms with Crippen LogP contribution < -0.4 is 0 Å². The van der Waals surface area contributed by atoms with Crippen LogP contribution in [0.1, 0.15) is 6.92 Å². The number of nitrogens with zero attached hydrogens (tertiary/aromatic N) is 1. The first-order valence-corrected chi connectivity index (χ1v) is 4.82. The molecule has 0 amide bonds. The Balaban J connectivity index is 2.25. The Labute approximate surface area is 79.1 Å². The molecular formula is C9H19NO3.